The van der Waals surface area contributed by atoms with Crippen molar-refractivity contribution in [3.05, 3.63) is 45.2 Å². The molecule has 0 unspecified atom stereocenters. The summed E-state index contributed by atoms with van der Waals surface area (Å²) in [7, 11) is 0. The van der Waals surface area contributed by atoms with Gasteiger partial charge in [-0.05, 0) is 23.6 Å². The fourth-order valence-corrected chi connectivity index (χ4v) is 3.97. The molecule has 2 heterocycles. The van der Waals surface area contributed by atoms with Gasteiger partial charge in [-0.3, -0.25) is 4.79 Å². The minimum absolute atomic E-state index is 0.201. The maximum absolute atomic E-state index is 13.9. The number of fused-ring (bicyclic) bond motifs is 1. The van der Waals surface area contributed by atoms with Gasteiger partial charge in [-0.2, -0.15) is 44.6 Å². The number of benzene rings is 1. The number of nitrogens with zero attached hydrogens (tertiary/aromatic N) is 3. The van der Waals surface area contributed by atoms with Crippen LogP contribution in [0.4, 0.5) is 45.3 Å². The molecule has 16 heteroatoms. The van der Waals surface area contributed by atoms with Crippen LogP contribution in [0, 0.1) is 5.41 Å². The topological polar surface area (TPSA) is 59.8 Å². The zero-order chi connectivity index (χ0) is 28.3. The van der Waals surface area contributed by atoms with Crippen molar-refractivity contribution in [1.82, 2.24) is 14.8 Å². The number of pyridine rings is 1. The summed E-state index contributed by atoms with van der Waals surface area (Å²) in [6.07, 6.45) is -15.9. The highest BCUT2D eigenvalue weighted by atomic mass is 35.5. The van der Waals surface area contributed by atoms with Crippen molar-refractivity contribution in [2.24, 2.45) is 5.41 Å². The third-order valence-electron chi connectivity index (χ3n) is 4.72. The van der Waals surface area contributed by atoms with E-state index in [0.717, 1.165) is 0 Å². The lowest BCUT2D eigenvalue weighted by Gasteiger charge is -2.19. The maximum Gasteiger partial charge on any atom is 0.434 e. The van der Waals surface area contributed by atoms with Crippen LogP contribution in [0.15, 0.2) is 18.2 Å². The van der Waals surface area contributed by atoms with Crippen molar-refractivity contribution >= 4 is 45.8 Å². The molecule has 1 aromatic carbocycles. The first-order valence-corrected chi connectivity index (χ1v) is 10.8. The van der Waals surface area contributed by atoms with Gasteiger partial charge in [-0.25, -0.2) is 9.67 Å². The molecule has 0 saturated carbocycles. The van der Waals surface area contributed by atoms with Gasteiger partial charge in [-0.1, -0.05) is 44.0 Å². The average Bonchev–Trinajstić information content (AvgIpc) is 3.00. The van der Waals surface area contributed by atoms with E-state index in [-0.39, 0.29) is 12.5 Å². The second-order valence-corrected chi connectivity index (χ2v) is 9.89. The highest BCUT2D eigenvalue weighted by Gasteiger charge is 2.42. The van der Waals surface area contributed by atoms with Gasteiger partial charge < -0.3 is 5.32 Å². The zero-order valence-corrected chi connectivity index (χ0v) is 20.4. The third-order valence-corrected chi connectivity index (χ3v) is 5.29. The molecule has 0 saturated heterocycles. The number of rotatable bonds is 3. The fraction of sp³-hybridized carbons (Fsp3) is 0.381. The standard InChI is InChI=1S/C21H15Cl2F9N4O/c1-18(2,3)7-13(37)34-17-14-11(6-12(20(27,28)29)33-16(14)21(30,31)32)35-36(17)15-9(22)4-8(5-10(15)23)19(24,25)26/h4-6H,7H2,1-3H3,(H,34,37). The van der Waals surface area contributed by atoms with Gasteiger partial charge in [0.2, 0.25) is 5.91 Å². The lowest BCUT2D eigenvalue weighted by atomic mass is 9.92. The van der Waals surface area contributed by atoms with Gasteiger partial charge in [0.1, 0.15) is 17.2 Å². The summed E-state index contributed by atoms with van der Waals surface area (Å²) in [5.74, 6) is -1.70. The highest BCUT2D eigenvalue weighted by Crippen LogP contribution is 2.44. The van der Waals surface area contributed by atoms with Crippen LogP contribution in [-0.2, 0) is 23.3 Å². The molecule has 3 aromatic rings. The average molecular weight is 581 g/mol. The molecule has 0 bridgehead atoms. The minimum atomic E-state index is -5.45. The molecule has 202 valence electrons. The predicted octanol–water partition coefficient (Wildman–Crippen LogP) is 8.16. The van der Waals surface area contributed by atoms with Gasteiger partial charge in [0.25, 0.3) is 0 Å². The van der Waals surface area contributed by atoms with E-state index in [0.29, 0.717) is 16.8 Å². The summed E-state index contributed by atoms with van der Waals surface area (Å²) >= 11 is 12.0. The zero-order valence-electron chi connectivity index (χ0n) is 18.8. The van der Waals surface area contributed by atoms with Crippen molar-refractivity contribution in [2.45, 2.75) is 45.7 Å². The second kappa shape index (κ2) is 9.22. The molecular weight excluding hydrogens is 566 g/mol. The van der Waals surface area contributed by atoms with Gasteiger partial charge >= 0.3 is 18.5 Å². The van der Waals surface area contributed by atoms with Crippen LogP contribution < -0.4 is 5.32 Å². The number of carbonyl (C=O) groups excluding carboxylic acids is 1. The number of anilines is 1. The molecule has 0 aliphatic rings. The lowest BCUT2D eigenvalue weighted by Crippen LogP contribution is -2.22. The molecule has 0 radical (unpaired) electrons. The van der Waals surface area contributed by atoms with E-state index in [1.165, 1.54) is 0 Å². The summed E-state index contributed by atoms with van der Waals surface area (Å²) in [5, 5.41) is 3.31. The molecule has 1 amide bonds. The van der Waals surface area contributed by atoms with Crippen LogP contribution in [0.2, 0.25) is 10.0 Å². The first-order valence-electron chi connectivity index (χ1n) is 10.0. The number of halogens is 11. The summed E-state index contributed by atoms with van der Waals surface area (Å²) in [6.45, 7) is 4.89. The van der Waals surface area contributed by atoms with Crippen LogP contribution in [0.3, 0.4) is 0 Å². The molecule has 37 heavy (non-hydrogen) atoms. The Labute approximate surface area is 212 Å². The van der Waals surface area contributed by atoms with E-state index in [1.54, 1.807) is 20.8 Å². The van der Waals surface area contributed by atoms with Crippen molar-refractivity contribution in [3.8, 4) is 5.69 Å². The van der Waals surface area contributed by atoms with Gasteiger partial charge in [-0.15, -0.1) is 0 Å². The fourth-order valence-electron chi connectivity index (χ4n) is 3.32. The molecule has 1 N–H and O–H groups in total. The molecule has 2 aromatic heterocycles. The number of hydrogen-bond donors (Lipinski definition) is 1. The Kier molecular flexibility index (Phi) is 7.19. The maximum atomic E-state index is 13.9. The summed E-state index contributed by atoms with van der Waals surface area (Å²) < 4.78 is 121. The Hall–Kier alpha value is -2.74. The lowest BCUT2D eigenvalue weighted by molar-refractivity contribution is -0.149. The molecule has 0 atom stereocenters. The molecular formula is C21H15Cl2F9N4O. The van der Waals surface area contributed by atoms with Crippen LogP contribution >= 0.6 is 23.2 Å². The van der Waals surface area contributed by atoms with Gasteiger partial charge in [0.05, 0.1) is 26.5 Å². The van der Waals surface area contributed by atoms with E-state index in [9.17, 15) is 44.3 Å². The number of carbonyl (C=O) groups is 1. The largest absolute Gasteiger partial charge is 0.434 e. The van der Waals surface area contributed by atoms with Gasteiger partial charge in [0, 0.05) is 6.42 Å². The molecule has 0 aliphatic carbocycles. The van der Waals surface area contributed by atoms with Crippen molar-refractivity contribution in [2.75, 3.05) is 5.32 Å². The third kappa shape index (κ3) is 6.22. The number of hydrogen-bond acceptors (Lipinski definition) is 3. The molecule has 0 fully saturated rings. The van der Waals surface area contributed by atoms with Crippen LogP contribution in [0.1, 0.15) is 44.1 Å². The van der Waals surface area contributed by atoms with Crippen molar-refractivity contribution < 1.29 is 44.3 Å². The van der Waals surface area contributed by atoms with E-state index in [2.05, 4.69) is 15.4 Å². The van der Waals surface area contributed by atoms with Gasteiger partial charge in [0.15, 0.2) is 5.69 Å². The number of amides is 1. The van der Waals surface area contributed by atoms with Crippen LogP contribution in [-0.4, -0.2) is 20.7 Å². The molecule has 3 rings (SSSR count). The summed E-state index contributed by atoms with van der Waals surface area (Å²) in [5.41, 5.74) is -7.49. The normalized spacial score (nSPS) is 13.4. The second-order valence-electron chi connectivity index (χ2n) is 9.08. The van der Waals surface area contributed by atoms with Crippen LogP contribution in [0.5, 0.6) is 0 Å². The van der Waals surface area contributed by atoms with E-state index in [1.807, 2.05) is 0 Å². The Morgan fingerprint density at radius 1 is 0.892 bits per heavy atom. The summed E-state index contributed by atoms with van der Waals surface area (Å²) in [4.78, 5) is 15.4. The Morgan fingerprint density at radius 2 is 1.43 bits per heavy atom. The number of alkyl halides is 9. The van der Waals surface area contributed by atoms with E-state index in [4.69, 9.17) is 23.2 Å². The first kappa shape index (κ1) is 28.8. The van der Waals surface area contributed by atoms with Crippen molar-refractivity contribution in [3.63, 3.8) is 0 Å². The van der Waals surface area contributed by atoms with E-state index >= 15 is 0 Å². The monoisotopic (exact) mass is 580 g/mol. The SMILES string of the molecule is CC(C)(C)CC(=O)Nc1c2c(C(F)(F)F)nc(C(F)(F)F)cc2nn1-c1c(Cl)cc(C(F)(F)F)cc1Cl. The Balaban J connectivity index is 2.43. The first-order chi connectivity index (χ1) is 16.6. The van der Waals surface area contributed by atoms with Crippen LogP contribution in [0.25, 0.3) is 16.6 Å². The smallest absolute Gasteiger partial charge is 0.310 e. The van der Waals surface area contributed by atoms with Crippen molar-refractivity contribution in [1.29, 1.82) is 0 Å². The Bertz CT molecular complexity index is 1350. The van der Waals surface area contributed by atoms with E-state index < -0.39 is 79.3 Å². The quantitative estimate of drug-likeness (QED) is 0.318. The molecule has 5 nitrogen and oxygen atoms in total. The molecule has 0 spiro atoms. The predicted molar refractivity (Wildman–Crippen MR) is 117 cm³/mol. The Morgan fingerprint density at radius 3 is 1.86 bits per heavy atom. The number of aromatic nitrogens is 3. The minimum Gasteiger partial charge on any atom is -0.310 e. The number of nitrogens with one attached hydrogen (secondary N) is 1. The molecule has 0 aliphatic heterocycles. The highest BCUT2D eigenvalue weighted by molar-refractivity contribution is 6.38. The summed E-state index contributed by atoms with van der Waals surface area (Å²) in [6, 6.07) is 1.01.